The summed E-state index contributed by atoms with van der Waals surface area (Å²) in [4.78, 5) is 8.75. The van der Waals surface area contributed by atoms with Gasteiger partial charge in [-0.2, -0.15) is 9.29 Å². The van der Waals surface area contributed by atoms with Crippen LogP contribution in [0.25, 0.3) is 0 Å². The number of hydrogen-bond donors (Lipinski definition) is 2. The molecular weight excluding hydrogens is 326 g/mol. The van der Waals surface area contributed by atoms with Gasteiger partial charge in [0.1, 0.15) is 5.82 Å². The molecule has 130 valence electrons. The number of aromatic nitrogens is 2. The monoisotopic (exact) mass is 349 g/mol. The zero-order valence-electron chi connectivity index (χ0n) is 14.4. The Hall–Kier alpha value is -2.19. The van der Waals surface area contributed by atoms with Crippen LogP contribution in [0.5, 0.6) is 0 Å². The van der Waals surface area contributed by atoms with Crippen molar-refractivity contribution in [1.82, 2.24) is 14.3 Å². The third kappa shape index (κ3) is 3.82. The molecule has 0 unspecified atom stereocenters. The minimum absolute atomic E-state index is 0.261. The Bertz CT molecular complexity index is 804. The summed E-state index contributed by atoms with van der Waals surface area (Å²) in [5, 5.41) is 6.04. The summed E-state index contributed by atoms with van der Waals surface area (Å²) in [6, 6.07) is 6.75. The Kier molecular flexibility index (Phi) is 5.74. The Labute approximate surface area is 143 Å². The summed E-state index contributed by atoms with van der Waals surface area (Å²) >= 11 is 0. The molecule has 7 nitrogen and oxygen atoms in total. The number of hydrogen-bond acceptors (Lipinski definition) is 6. The van der Waals surface area contributed by atoms with Crippen LogP contribution in [0, 0.1) is 6.92 Å². The van der Waals surface area contributed by atoms with Gasteiger partial charge in [0.2, 0.25) is 16.0 Å². The molecular formula is C16H23N5O2S. The molecule has 0 amide bonds. The summed E-state index contributed by atoms with van der Waals surface area (Å²) in [6.45, 7) is 6.41. The first-order chi connectivity index (χ1) is 11.4. The van der Waals surface area contributed by atoms with Gasteiger partial charge >= 0.3 is 0 Å². The molecule has 0 aliphatic carbocycles. The minimum atomic E-state index is -3.49. The fourth-order valence-electron chi connectivity index (χ4n) is 2.27. The molecule has 0 fully saturated rings. The van der Waals surface area contributed by atoms with Crippen molar-refractivity contribution >= 4 is 27.5 Å². The normalized spacial score (nSPS) is 11.5. The second-order valence-corrected chi connectivity index (χ2v) is 7.16. The van der Waals surface area contributed by atoms with Crippen molar-refractivity contribution in [1.29, 1.82) is 0 Å². The van der Waals surface area contributed by atoms with E-state index in [1.165, 1.54) is 4.31 Å². The third-order valence-corrected chi connectivity index (χ3v) is 5.68. The molecule has 0 saturated heterocycles. The Balaban J connectivity index is 2.35. The molecule has 0 spiro atoms. The average Bonchev–Trinajstić information content (AvgIpc) is 2.58. The number of rotatable bonds is 7. The largest absolute Gasteiger partial charge is 0.357 e. The summed E-state index contributed by atoms with van der Waals surface area (Å²) in [5.74, 6) is 1.13. The maximum Gasteiger partial charge on any atom is 0.243 e. The van der Waals surface area contributed by atoms with E-state index in [1.807, 2.05) is 26.8 Å². The molecule has 8 heteroatoms. The number of nitrogens with zero attached hydrogens (tertiary/aromatic N) is 3. The lowest BCUT2D eigenvalue weighted by Gasteiger charge is -2.19. The molecule has 2 aromatic rings. The molecule has 0 aliphatic heterocycles. The first kappa shape index (κ1) is 18.2. The zero-order valence-corrected chi connectivity index (χ0v) is 15.2. The minimum Gasteiger partial charge on any atom is -0.357 e. The van der Waals surface area contributed by atoms with Crippen molar-refractivity contribution in [2.24, 2.45) is 0 Å². The average molecular weight is 349 g/mol. The number of aryl methyl sites for hydroxylation is 1. The maximum atomic E-state index is 12.6. The standard InChI is InChI=1S/C16H23N5O2S/c1-5-21(6-2)24(22,23)14-9-7-8-13(10-14)19-15-12(3)11-18-16(17-4)20-15/h7-11H,5-6H2,1-4H3,(H2,17,18,19,20). The van der Waals surface area contributed by atoms with Crippen LogP contribution in [0.15, 0.2) is 35.4 Å². The number of nitrogens with one attached hydrogen (secondary N) is 2. The van der Waals surface area contributed by atoms with Crippen LogP contribution in [0.4, 0.5) is 17.5 Å². The van der Waals surface area contributed by atoms with Crippen molar-refractivity contribution in [3.63, 3.8) is 0 Å². The predicted octanol–water partition coefficient (Wildman–Crippen LogP) is 2.60. The molecule has 0 saturated carbocycles. The van der Waals surface area contributed by atoms with Gasteiger partial charge in [0.05, 0.1) is 4.90 Å². The lowest BCUT2D eigenvalue weighted by molar-refractivity contribution is 0.445. The van der Waals surface area contributed by atoms with E-state index >= 15 is 0 Å². The van der Waals surface area contributed by atoms with Crippen molar-refractivity contribution in [3.8, 4) is 0 Å². The van der Waals surface area contributed by atoms with E-state index in [0.29, 0.717) is 30.5 Å². The summed E-state index contributed by atoms with van der Waals surface area (Å²) in [6.07, 6.45) is 1.71. The second-order valence-electron chi connectivity index (χ2n) is 5.22. The molecule has 0 bridgehead atoms. The van der Waals surface area contributed by atoms with Crippen LogP contribution in [0.3, 0.4) is 0 Å². The summed E-state index contributed by atoms with van der Waals surface area (Å²) in [7, 11) is -1.75. The van der Waals surface area contributed by atoms with E-state index in [0.717, 1.165) is 5.56 Å². The van der Waals surface area contributed by atoms with Crippen LogP contribution >= 0.6 is 0 Å². The number of sulfonamides is 1. The molecule has 2 N–H and O–H groups in total. The maximum absolute atomic E-state index is 12.6. The SMILES string of the molecule is CCN(CC)S(=O)(=O)c1cccc(Nc2nc(NC)ncc2C)c1. The molecule has 0 aliphatic rings. The second kappa shape index (κ2) is 7.59. The van der Waals surface area contributed by atoms with Crippen molar-refractivity contribution < 1.29 is 8.42 Å². The van der Waals surface area contributed by atoms with Gasteiger partial charge in [-0.3, -0.25) is 0 Å². The fraction of sp³-hybridized carbons (Fsp3) is 0.375. The lowest BCUT2D eigenvalue weighted by Crippen LogP contribution is -2.30. The Morgan fingerprint density at radius 3 is 2.54 bits per heavy atom. The van der Waals surface area contributed by atoms with E-state index in [1.54, 1.807) is 31.4 Å². The quantitative estimate of drug-likeness (QED) is 0.799. The first-order valence-electron chi connectivity index (χ1n) is 7.81. The Morgan fingerprint density at radius 2 is 1.92 bits per heavy atom. The van der Waals surface area contributed by atoms with E-state index in [2.05, 4.69) is 20.6 Å². The fourth-order valence-corrected chi connectivity index (χ4v) is 3.78. The summed E-state index contributed by atoms with van der Waals surface area (Å²) in [5.41, 5.74) is 1.53. The van der Waals surface area contributed by atoms with Crippen molar-refractivity contribution in [3.05, 3.63) is 36.0 Å². The van der Waals surface area contributed by atoms with Crippen LogP contribution < -0.4 is 10.6 Å². The van der Waals surface area contributed by atoms with Gasteiger partial charge < -0.3 is 10.6 Å². The van der Waals surface area contributed by atoms with E-state index in [9.17, 15) is 8.42 Å². The molecule has 1 aromatic carbocycles. The lowest BCUT2D eigenvalue weighted by atomic mass is 10.3. The molecule has 0 atom stereocenters. The van der Waals surface area contributed by atoms with Gasteiger partial charge in [-0.15, -0.1) is 0 Å². The van der Waals surface area contributed by atoms with Gasteiger partial charge in [0.15, 0.2) is 0 Å². The molecule has 0 radical (unpaired) electrons. The molecule has 2 rings (SSSR count). The highest BCUT2D eigenvalue weighted by Gasteiger charge is 2.21. The van der Waals surface area contributed by atoms with Gasteiger partial charge in [-0.1, -0.05) is 19.9 Å². The number of anilines is 3. The molecule has 1 heterocycles. The van der Waals surface area contributed by atoms with Gasteiger partial charge in [0.25, 0.3) is 0 Å². The predicted molar refractivity (Wildman–Crippen MR) is 96.1 cm³/mol. The van der Waals surface area contributed by atoms with Crippen molar-refractivity contribution in [2.75, 3.05) is 30.8 Å². The first-order valence-corrected chi connectivity index (χ1v) is 9.25. The third-order valence-electron chi connectivity index (χ3n) is 3.64. The van der Waals surface area contributed by atoms with Gasteiger partial charge in [-0.25, -0.2) is 13.4 Å². The summed E-state index contributed by atoms with van der Waals surface area (Å²) < 4.78 is 26.7. The van der Waals surface area contributed by atoms with Crippen LogP contribution in [-0.4, -0.2) is 42.8 Å². The number of benzene rings is 1. The topological polar surface area (TPSA) is 87.2 Å². The molecule has 1 aromatic heterocycles. The smallest absolute Gasteiger partial charge is 0.243 e. The van der Waals surface area contributed by atoms with Crippen LogP contribution in [0.1, 0.15) is 19.4 Å². The Morgan fingerprint density at radius 1 is 1.21 bits per heavy atom. The highest BCUT2D eigenvalue weighted by atomic mass is 32.2. The van der Waals surface area contributed by atoms with Gasteiger partial charge in [0, 0.05) is 37.6 Å². The van der Waals surface area contributed by atoms with E-state index in [-0.39, 0.29) is 4.90 Å². The van der Waals surface area contributed by atoms with E-state index in [4.69, 9.17) is 0 Å². The van der Waals surface area contributed by atoms with E-state index < -0.39 is 10.0 Å². The van der Waals surface area contributed by atoms with Crippen LogP contribution in [-0.2, 0) is 10.0 Å². The highest BCUT2D eigenvalue weighted by molar-refractivity contribution is 7.89. The van der Waals surface area contributed by atoms with Gasteiger partial charge in [-0.05, 0) is 25.1 Å². The molecule has 24 heavy (non-hydrogen) atoms. The zero-order chi connectivity index (χ0) is 17.7. The van der Waals surface area contributed by atoms with Crippen LogP contribution in [0.2, 0.25) is 0 Å². The highest BCUT2D eigenvalue weighted by Crippen LogP contribution is 2.23. The van der Waals surface area contributed by atoms with Crippen molar-refractivity contribution in [2.45, 2.75) is 25.7 Å².